The van der Waals surface area contributed by atoms with Gasteiger partial charge in [-0.2, -0.15) is 0 Å². The fourth-order valence-electron chi connectivity index (χ4n) is 3.77. The predicted octanol–water partition coefficient (Wildman–Crippen LogP) is 0.133. The Labute approximate surface area is 222 Å². The number of aromatic nitrogens is 3. The number of carbonyl (C=O) groups excluding carboxylic acids is 2. The van der Waals surface area contributed by atoms with E-state index in [0.29, 0.717) is 27.5 Å². The molecule has 3 aromatic rings. The van der Waals surface area contributed by atoms with Crippen LogP contribution in [0.1, 0.15) is 18.4 Å². The van der Waals surface area contributed by atoms with Gasteiger partial charge in [0.1, 0.15) is 0 Å². The molecule has 2 heterocycles. The van der Waals surface area contributed by atoms with Crippen molar-refractivity contribution in [2.45, 2.75) is 19.3 Å². The van der Waals surface area contributed by atoms with Crippen LogP contribution in [0, 0.1) is 9.54 Å². The van der Waals surface area contributed by atoms with Crippen LogP contribution < -0.4 is 50.2 Å². The number of nitrogens with zero attached hydrogens (tertiary/aromatic N) is 2. The second kappa shape index (κ2) is 11.1. The minimum absolute atomic E-state index is 0. The number of aryl methyl sites for hydroxylation is 1. The number of rotatable bonds is 6. The van der Waals surface area contributed by atoms with Crippen LogP contribution in [-0.2, 0) is 11.2 Å². The van der Waals surface area contributed by atoms with Crippen molar-refractivity contribution in [1.82, 2.24) is 14.8 Å². The Bertz CT molecular complexity index is 1260. The van der Waals surface area contributed by atoms with Crippen molar-refractivity contribution in [3.8, 4) is 5.69 Å². The van der Waals surface area contributed by atoms with Gasteiger partial charge in [0.2, 0.25) is 0 Å². The van der Waals surface area contributed by atoms with Crippen molar-refractivity contribution in [3.05, 3.63) is 57.6 Å². The Morgan fingerprint density at radius 2 is 1.73 bits per heavy atom. The van der Waals surface area contributed by atoms with Crippen molar-refractivity contribution < 1.29 is 44.3 Å². The van der Waals surface area contributed by atoms with Gasteiger partial charge in [-0.1, -0.05) is 6.07 Å². The van der Waals surface area contributed by atoms with Gasteiger partial charge in [-0.3, -0.25) is 14.8 Å². The number of aromatic amines is 2. The van der Waals surface area contributed by atoms with Gasteiger partial charge in [0.15, 0.2) is 9.54 Å². The number of carboxylic acids is 1. The fraction of sp³-hybridized carbons (Fsp3) is 0.238. The maximum atomic E-state index is 12.6. The maximum absolute atomic E-state index is 12.6. The summed E-state index contributed by atoms with van der Waals surface area (Å²) in [7, 11) is 0. The zero-order valence-electron chi connectivity index (χ0n) is 18.0. The van der Waals surface area contributed by atoms with Crippen LogP contribution in [0.5, 0.6) is 0 Å². The molecule has 9 nitrogen and oxygen atoms in total. The molecule has 0 spiro atoms. The smallest absolute Gasteiger partial charge is 0.550 e. The summed E-state index contributed by atoms with van der Waals surface area (Å²) >= 11 is 10.5. The number of benzene rings is 2. The number of hydrogen-bond donors (Lipinski definition) is 4. The van der Waals surface area contributed by atoms with Crippen LogP contribution in [0.25, 0.3) is 5.69 Å². The van der Waals surface area contributed by atoms with Gasteiger partial charge in [0, 0.05) is 42.5 Å². The molecule has 0 bridgehead atoms. The number of carbonyl (C=O) groups is 2. The zero-order chi connectivity index (χ0) is 22.7. The Morgan fingerprint density at radius 1 is 1.03 bits per heavy atom. The summed E-state index contributed by atoms with van der Waals surface area (Å²) in [6, 6.07) is 12.5. The second-order valence-electron chi connectivity index (χ2n) is 7.38. The molecule has 2 amide bonds. The van der Waals surface area contributed by atoms with Gasteiger partial charge < -0.3 is 25.4 Å². The molecule has 1 aliphatic rings. The molecule has 12 heteroatoms. The molecular formula is C21H21N6NaO3S2. The molecule has 4 rings (SSSR count). The van der Waals surface area contributed by atoms with E-state index in [0.717, 1.165) is 36.3 Å². The van der Waals surface area contributed by atoms with Crippen LogP contribution in [0.3, 0.4) is 0 Å². The number of nitrogens with one attached hydrogen (secondary N) is 4. The second-order valence-corrected chi connectivity index (χ2v) is 8.15. The third-order valence-corrected chi connectivity index (χ3v) is 5.75. The molecule has 0 atom stereocenters. The Balaban J connectivity index is 0.00000306. The van der Waals surface area contributed by atoms with Crippen molar-refractivity contribution in [2.24, 2.45) is 0 Å². The number of urea groups is 1. The number of anilines is 3. The van der Waals surface area contributed by atoms with Gasteiger partial charge in [-0.05, 0) is 79.2 Å². The molecule has 1 aliphatic heterocycles. The Kier molecular flexibility index (Phi) is 8.49. The van der Waals surface area contributed by atoms with E-state index >= 15 is 0 Å². The summed E-state index contributed by atoms with van der Waals surface area (Å²) in [5.41, 5.74) is 4.04. The largest absolute Gasteiger partial charge is 1.00 e. The van der Waals surface area contributed by atoms with Crippen molar-refractivity contribution in [3.63, 3.8) is 0 Å². The first-order chi connectivity index (χ1) is 15.4. The van der Waals surface area contributed by atoms with Crippen LogP contribution in [0.15, 0.2) is 42.5 Å². The number of aliphatic carboxylic acids is 1. The monoisotopic (exact) mass is 492 g/mol. The molecule has 0 aliphatic carbocycles. The van der Waals surface area contributed by atoms with Crippen LogP contribution in [0.2, 0.25) is 0 Å². The first-order valence-electron chi connectivity index (χ1n) is 10.1. The molecule has 33 heavy (non-hydrogen) atoms. The Morgan fingerprint density at radius 3 is 2.42 bits per heavy atom. The van der Waals surface area contributed by atoms with Crippen LogP contribution in [0.4, 0.5) is 21.9 Å². The van der Waals surface area contributed by atoms with E-state index in [1.807, 2.05) is 29.2 Å². The van der Waals surface area contributed by atoms with E-state index in [4.69, 9.17) is 24.4 Å². The molecular weight excluding hydrogens is 471 g/mol. The first kappa shape index (κ1) is 25.2. The average molecular weight is 493 g/mol. The topological polar surface area (TPSA) is 121 Å². The van der Waals surface area contributed by atoms with E-state index in [-0.39, 0.29) is 42.0 Å². The van der Waals surface area contributed by atoms with E-state index in [1.54, 1.807) is 22.8 Å². The van der Waals surface area contributed by atoms with E-state index < -0.39 is 5.97 Å². The summed E-state index contributed by atoms with van der Waals surface area (Å²) in [5, 5.41) is 22.0. The normalized spacial score (nSPS) is 12.4. The van der Waals surface area contributed by atoms with Gasteiger partial charge in [-0.25, -0.2) is 4.79 Å². The average Bonchev–Trinajstić information content (AvgIpc) is 3.10. The summed E-state index contributed by atoms with van der Waals surface area (Å²) in [5.74, 6) is -1.06. The van der Waals surface area contributed by atoms with Crippen LogP contribution in [-0.4, -0.2) is 39.9 Å². The summed E-state index contributed by atoms with van der Waals surface area (Å²) in [4.78, 5) is 25.4. The molecule has 0 fully saturated rings. The van der Waals surface area contributed by atoms with Crippen molar-refractivity contribution in [2.75, 3.05) is 28.6 Å². The number of hydrogen-bond acceptors (Lipinski definition) is 6. The molecule has 0 saturated heterocycles. The van der Waals surface area contributed by atoms with Gasteiger partial charge in [0.05, 0.1) is 5.69 Å². The predicted molar refractivity (Wildman–Crippen MR) is 125 cm³/mol. The number of amides is 2. The summed E-state index contributed by atoms with van der Waals surface area (Å²) < 4.78 is 2.52. The number of fused-ring (bicyclic) bond motifs is 1. The van der Waals surface area contributed by atoms with Crippen molar-refractivity contribution >= 4 is 53.5 Å². The quantitative estimate of drug-likeness (QED) is 0.287. The SMILES string of the molecule is O=C([O-])CCN1CCCc2cc(NC(=O)Nc3cccc(-n4c(=S)[nH][nH]c4=S)c3)ccc21.[Na+]. The minimum atomic E-state index is -1.06. The van der Waals surface area contributed by atoms with E-state index in [9.17, 15) is 14.7 Å². The minimum Gasteiger partial charge on any atom is -0.550 e. The van der Waals surface area contributed by atoms with Gasteiger partial charge in [-0.15, -0.1) is 0 Å². The van der Waals surface area contributed by atoms with E-state index in [2.05, 4.69) is 20.8 Å². The van der Waals surface area contributed by atoms with Gasteiger partial charge >= 0.3 is 35.6 Å². The summed E-state index contributed by atoms with van der Waals surface area (Å²) in [6.07, 6.45) is 1.78. The molecule has 0 unspecified atom stereocenters. The molecule has 0 saturated carbocycles. The zero-order valence-corrected chi connectivity index (χ0v) is 21.6. The molecule has 0 radical (unpaired) electrons. The standard InChI is InChI=1S/C21H22N6O3S2.Na/c28-18(29)8-10-26-9-2-3-13-11-15(6-7-17(13)26)23-19(30)22-14-4-1-5-16(12-14)27-20(31)24-25-21(27)32;/h1,4-7,11-12H,2-3,8-10H2,(H,24,31)(H,25,32)(H,28,29)(H2,22,23,30);/q;+1/p-1. The third kappa shape index (κ3) is 6.12. The molecule has 4 N–H and O–H groups in total. The number of H-pyrrole nitrogens is 2. The van der Waals surface area contributed by atoms with Crippen LogP contribution >= 0.6 is 24.4 Å². The molecule has 2 aromatic carbocycles. The van der Waals surface area contributed by atoms with Crippen molar-refractivity contribution in [1.29, 1.82) is 0 Å². The molecule has 166 valence electrons. The first-order valence-corrected chi connectivity index (χ1v) is 10.9. The maximum Gasteiger partial charge on any atom is 1.00 e. The Hall–Kier alpha value is -2.44. The molecule has 1 aromatic heterocycles. The number of carboxylic acid groups (broad SMARTS) is 1. The summed E-state index contributed by atoms with van der Waals surface area (Å²) in [6.45, 7) is 1.21. The third-order valence-electron chi connectivity index (χ3n) is 5.18. The fourth-order valence-corrected chi connectivity index (χ4v) is 4.33. The van der Waals surface area contributed by atoms with Gasteiger partial charge in [0.25, 0.3) is 0 Å². The van der Waals surface area contributed by atoms with E-state index in [1.165, 1.54) is 0 Å².